The van der Waals surface area contributed by atoms with E-state index in [4.69, 9.17) is 15.0 Å². The number of benzene rings is 1. The summed E-state index contributed by atoms with van der Waals surface area (Å²) in [4.78, 5) is 5.35. The summed E-state index contributed by atoms with van der Waals surface area (Å²) in [5, 5.41) is 3.98. The molecule has 0 unspecified atom stereocenters. The zero-order chi connectivity index (χ0) is 15.1. The average molecular weight is 307 g/mol. The van der Waals surface area contributed by atoms with Gasteiger partial charge in [0, 0.05) is 17.0 Å². The van der Waals surface area contributed by atoms with Crippen molar-refractivity contribution in [3.05, 3.63) is 29.9 Å². The van der Waals surface area contributed by atoms with Crippen LogP contribution in [0.15, 0.2) is 27.6 Å². The largest absolute Gasteiger partial charge is 0.494 e. The van der Waals surface area contributed by atoms with Gasteiger partial charge in [-0.15, -0.1) is 11.8 Å². The number of unbranched alkanes of at least 4 members (excludes halogenated alkanes) is 1. The fourth-order valence-electron chi connectivity index (χ4n) is 1.82. The van der Waals surface area contributed by atoms with E-state index in [1.54, 1.807) is 11.8 Å². The van der Waals surface area contributed by atoms with Crippen LogP contribution in [0.1, 0.15) is 38.4 Å². The molecule has 114 valence electrons. The molecular weight excluding hydrogens is 286 g/mol. The van der Waals surface area contributed by atoms with Crippen molar-refractivity contribution in [2.45, 2.75) is 43.8 Å². The van der Waals surface area contributed by atoms with Gasteiger partial charge in [-0.2, -0.15) is 4.98 Å². The van der Waals surface area contributed by atoms with Crippen LogP contribution in [0.25, 0.3) is 0 Å². The number of nitrogens with zero attached hydrogens (tertiary/aromatic N) is 2. The van der Waals surface area contributed by atoms with E-state index in [-0.39, 0.29) is 0 Å². The second-order valence-electron chi connectivity index (χ2n) is 4.63. The molecule has 0 atom stereocenters. The van der Waals surface area contributed by atoms with Gasteiger partial charge in [-0.3, -0.25) is 0 Å². The van der Waals surface area contributed by atoms with E-state index in [0.717, 1.165) is 41.4 Å². The molecule has 21 heavy (non-hydrogen) atoms. The van der Waals surface area contributed by atoms with Crippen LogP contribution in [0.4, 0.5) is 5.69 Å². The summed E-state index contributed by atoms with van der Waals surface area (Å²) < 4.78 is 10.7. The molecule has 0 aliphatic rings. The van der Waals surface area contributed by atoms with E-state index >= 15 is 0 Å². The molecule has 0 saturated heterocycles. The predicted molar refractivity (Wildman–Crippen MR) is 84.5 cm³/mol. The van der Waals surface area contributed by atoms with Crippen molar-refractivity contribution in [1.29, 1.82) is 0 Å². The normalized spacial score (nSPS) is 10.8. The number of thioether (sulfide) groups is 1. The van der Waals surface area contributed by atoms with Crippen LogP contribution >= 0.6 is 11.8 Å². The zero-order valence-corrected chi connectivity index (χ0v) is 13.3. The number of hydrogen-bond donors (Lipinski definition) is 1. The standard InChI is InChI=1S/C15H21N3O2S/c1-3-5-6-14-17-15(20-18-14)10-21-13-9-11(19-4-2)7-8-12(13)16/h7-9H,3-6,10,16H2,1-2H3. The maximum atomic E-state index is 5.98. The minimum atomic E-state index is 0.610. The van der Waals surface area contributed by atoms with Gasteiger partial charge in [-0.1, -0.05) is 18.5 Å². The van der Waals surface area contributed by atoms with E-state index in [9.17, 15) is 0 Å². The van der Waals surface area contributed by atoms with E-state index in [2.05, 4.69) is 17.1 Å². The van der Waals surface area contributed by atoms with Crippen LogP contribution in [0.2, 0.25) is 0 Å². The van der Waals surface area contributed by atoms with Gasteiger partial charge in [0.05, 0.1) is 12.4 Å². The van der Waals surface area contributed by atoms with Crippen molar-refractivity contribution in [1.82, 2.24) is 10.1 Å². The Morgan fingerprint density at radius 2 is 2.19 bits per heavy atom. The molecule has 0 spiro atoms. The van der Waals surface area contributed by atoms with Crippen molar-refractivity contribution in [2.24, 2.45) is 0 Å². The summed E-state index contributed by atoms with van der Waals surface area (Å²) in [5.41, 5.74) is 6.71. The molecule has 5 nitrogen and oxygen atoms in total. The molecule has 2 aromatic rings. The Morgan fingerprint density at radius 1 is 1.33 bits per heavy atom. The minimum Gasteiger partial charge on any atom is -0.494 e. The van der Waals surface area contributed by atoms with Crippen molar-refractivity contribution in [2.75, 3.05) is 12.3 Å². The molecule has 2 N–H and O–H groups in total. The number of aryl methyl sites for hydroxylation is 1. The van der Waals surface area contributed by atoms with E-state index in [0.29, 0.717) is 18.3 Å². The number of hydrogen-bond acceptors (Lipinski definition) is 6. The molecule has 0 saturated carbocycles. The first kappa shape index (κ1) is 15.7. The molecule has 2 rings (SSSR count). The Morgan fingerprint density at radius 3 is 2.95 bits per heavy atom. The smallest absolute Gasteiger partial charge is 0.237 e. The number of aromatic nitrogens is 2. The summed E-state index contributed by atoms with van der Waals surface area (Å²) in [6.45, 7) is 4.74. The summed E-state index contributed by atoms with van der Waals surface area (Å²) in [6, 6.07) is 5.67. The van der Waals surface area contributed by atoms with Crippen molar-refractivity contribution < 1.29 is 9.26 Å². The summed E-state index contributed by atoms with van der Waals surface area (Å²) in [6.07, 6.45) is 3.07. The monoisotopic (exact) mass is 307 g/mol. The summed E-state index contributed by atoms with van der Waals surface area (Å²) >= 11 is 1.58. The lowest BCUT2D eigenvalue weighted by Gasteiger charge is -2.07. The maximum Gasteiger partial charge on any atom is 0.237 e. The van der Waals surface area contributed by atoms with Crippen LogP contribution in [0.5, 0.6) is 5.75 Å². The van der Waals surface area contributed by atoms with Crippen molar-refractivity contribution >= 4 is 17.4 Å². The molecule has 1 aromatic carbocycles. The third-order valence-electron chi connectivity index (χ3n) is 2.91. The van der Waals surface area contributed by atoms with Gasteiger partial charge in [0.1, 0.15) is 5.75 Å². The first-order valence-electron chi connectivity index (χ1n) is 7.19. The molecule has 0 bridgehead atoms. The topological polar surface area (TPSA) is 74.2 Å². The number of nitrogen functional groups attached to an aromatic ring is 1. The lowest BCUT2D eigenvalue weighted by molar-refractivity contribution is 0.339. The zero-order valence-electron chi connectivity index (χ0n) is 12.5. The molecule has 0 aliphatic heterocycles. The maximum absolute atomic E-state index is 5.98. The Bertz CT molecular complexity index is 572. The quantitative estimate of drug-likeness (QED) is 0.592. The minimum absolute atomic E-state index is 0.610. The molecule has 6 heteroatoms. The molecule has 0 amide bonds. The van der Waals surface area contributed by atoms with E-state index in [1.165, 1.54) is 0 Å². The Hall–Kier alpha value is -1.69. The van der Waals surface area contributed by atoms with Gasteiger partial charge in [0.2, 0.25) is 5.89 Å². The summed E-state index contributed by atoms with van der Waals surface area (Å²) in [5.74, 6) is 2.85. The predicted octanol–water partition coefficient (Wildman–Crippen LogP) is 3.69. The van der Waals surface area contributed by atoms with E-state index < -0.39 is 0 Å². The average Bonchev–Trinajstić information content (AvgIpc) is 2.94. The number of nitrogens with two attached hydrogens (primary N) is 1. The Labute approximate surface area is 129 Å². The molecular formula is C15H21N3O2S. The molecule has 0 fully saturated rings. The number of ether oxygens (including phenoxy) is 1. The summed E-state index contributed by atoms with van der Waals surface area (Å²) in [7, 11) is 0. The molecule has 1 heterocycles. The van der Waals surface area contributed by atoms with Crippen molar-refractivity contribution in [3.8, 4) is 5.75 Å². The van der Waals surface area contributed by atoms with Gasteiger partial charge in [0.15, 0.2) is 5.82 Å². The molecule has 0 aliphatic carbocycles. The first-order valence-corrected chi connectivity index (χ1v) is 8.18. The van der Waals surface area contributed by atoms with Crippen molar-refractivity contribution in [3.63, 3.8) is 0 Å². The van der Waals surface area contributed by atoms with Gasteiger partial charge in [0.25, 0.3) is 0 Å². The highest BCUT2D eigenvalue weighted by Crippen LogP contribution is 2.31. The molecule has 0 radical (unpaired) electrons. The Kier molecular flexibility index (Phi) is 5.92. The Balaban J connectivity index is 1.95. The highest BCUT2D eigenvalue weighted by molar-refractivity contribution is 7.98. The van der Waals surface area contributed by atoms with Gasteiger partial charge in [-0.25, -0.2) is 0 Å². The van der Waals surface area contributed by atoms with Gasteiger partial charge < -0.3 is 15.0 Å². The van der Waals surface area contributed by atoms with Crippen LogP contribution in [-0.4, -0.2) is 16.7 Å². The lowest BCUT2D eigenvalue weighted by Crippen LogP contribution is -1.94. The molecule has 1 aromatic heterocycles. The second-order valence-corrected chi connectivity index (χ2v) is 5.65. The van der Waals surface area contributed by atoms with Gasteiger partial charge in [-0.05, 0) is 31.5 Å². The van der Waals surface area contributed by atoms with Crippen LogP contribution in [-0.2, 0) is 12.2 Å². The third kappa shape index (κ3) is 4.67. The van der Waals surface area contributed by atoms with E-state index in [1.807, 2.05) is 25.1 Å². The third-order valence-corrected chi connectivity index (χ3v) is 3.97. The van der Waals surface area contributed by atoms with Crippen LogP contribution in [0, 0.1) is 0 Å². The van der Waals surface area contributed by atoms with Crippen LogP contribution < -0.4 is 10.5 Å². The fraction of sp³-hybridized carbons (Fsp3) is 0.467. The highest BCUT2D eigenvalue weighted by atomic mass is 32.2. The van der Waals surface area contributed by atoms with Crippen LogP contribution in [0.3, 0.4) is 0 Å². The fourth-order valence-corrected chi connectivity index (χ4v) is 2.65. The number of rotatable bonds is 8. The second kappa shape index (κ2) is 7.93. The first-order chi connectivity index (χ1) is 10.2. The lowest BCUT2D eigenvalue weighted by atomic mass is 10.2. The number of anilines is 1. The SMILES string of the molecule is CCCCc1noc(CSc2cc(OCC)ccc2N)n1. The highest BCUT2D eigenvalue weighted by Gasteiger charge is 2.09. The van der Waals surface area contributed by atoms with Gasteiger partial charge >= 0.3 is 0 Å².